The van der Waals surface area contributed by atoms with Crippen molar-refractivity contribution in [3.05, 3.63) is 0 Å². The zero-order valence-corrected chi connectivity index (χ0v) is 14.9. The average Bonchev–Trinajstić information content (AvgIpc) is 2.42. The highest BCUT2D eigenvalue weighted by molar-refractivity contribution is 4.90. The Bertz CT molecular complexity index is 323. The largest absolute Gasteiger partial charge is 0.327 e. The fourth-order valence-corrected chi connectivity index (χ4v) is 4.23. The number of hydrogen-bond donors (Lipinski definition) is 1. The van der Waals surface area contributed by atoms with E-state index in [1.165, 1.54) is 51.9 Å². The van der Waals surface area contributed by atoms with Gasteiger partial charge in [0.25, 0.3) is 0 Å². The van der Waals surface area contributed by atoms with E-state index >= 15 is 0 Å². The molecule has 124 valence electrons. The van der Waals surface area contributed by atoms with Crippen molar-refractivity contribution in [2.75, 3.05) is 33.2 Å². The Labute approximate surface area is 132 Å². The molecule has 0 radical (unpaired) electrons. The summed E-state index contributed by atoms with van der Waals surface area (Å²) >= 11 is 0. The van der Waals surface area contributed by atoms with Crippen LogP contribution >= 0.6 is 0 Å². The first-order valence-electron chi connectivity index (χ1n) is 8.99. The van der Waals surface area contributed by atoms with Crippen molar-refractivity contribution in [1.29, 1.82) is 0 Å². The Morgan fingerprint density at radius 3 is 2.48 bits per heavy atom. The smallest absolute Gasteiger partial charge is 0.0218 e. The summed E-state index contributed by atoms with van der Waals surface area (Å²) in [6.07, 6.45) is 5.13. The number of piperazine rings is 1. The first-order valence-corrected chi connectivity index (χ1v) is 8.99. The van der Waals surface area contributed by atoms with E-state index in [0.717, 1.165) is 12.0 Å². The Hall–Kier alpha value is -0.120. The van der Waals surface area contributed by atoms with Crippen LogP contribution < -0.4 is 5.73 Å². The van der Waals surface area contributed by atoms with Gasteiger partial charge in [0.15, 0.2) is 0 Å². The SMILES string of the molecule is CCC1CN(CC2CC(C(C)(C)C)CCC2N)CCN1C. The van der Waals surface area contributed by atoms with E-state index in [1.54, 1.807) is 0 Å². The van der Waals surface area contributed by atoms with E-state index in [-0.39, 0.29) is 0 Å². The van der Waals surface area contributed by atoms with Crippen LogP contribution in [0.15, 0.2) is 0 Å². The van der Waals surface area contributed by atoms with Gasteiger partial charge in [0.1, 0.15) is 0 Å². The third kappa shape index (κ3) is 4.43. The van der Waals surface area contributed by atoms with Crippen molar-refractivity contribution >= 4 is 0 Å². The lowest BCUT2D eigenvalue weighted by Crippen LogP contribution is -2.54. The van der Waals surface area contributed by atoms with E-state index in [4.69, 9.17) is 5.73 Å². The zero-order chi connectivity index (χ0) is 15.6. The maximum absolute atomic E-state index is 6.46. The number of rotatable bonds is 3. The van der Waals surface area contributed by atoms with Crippen molar-refractivity contribution in [3.63, 3.8) is 0 Å². The molecule has 3 nitrogen and oxygen atoms in total. The summed E-state index contributed by atoms with van der Waals surface area (Å²) < 4.78 is 0. The van der Waals surface area contributed by atoms with Crippen molar-refractivity contribution in [2.45, 2.75) is 65.5 Å². The summed E-state index contributed by atoms with van der Waals surface area (Å²) in [7, 11) is 2.27. The summed E-state index contributed by atoms with van der Waals surface area (Å²) in [5.41, 5.74) is 6.90. The van der Waals surface area contributed by atoms with Gasteiger partial charge >= 0.3 is 0 Å². The Morgan fingerprint density at radius 2 is 1.86 bits per heavy atom. The molecule has 2 rings (SSSR count). The Balaban J connectivity index is 1.91. The number of nitrogens with two attached hydrogens (primary N) is 1. The van der Waals surface area contributed by atoms with E-state index in [9.17, 15) is 0 Å². The molecule has 0 aromatic carbocycles. The summed E-state index contributed by atoms with van der Waals surface area (Å²) in [4.78, 5) is 5.21. The molecular formula is C18H37N3. The molecule has 0 spiro atoms. The molecule has 0 aromatic rings. The van der Waals surface area contributed by atoms with Gasteiger partial charge in [0, 0.05) is 38.3 Å². The van der Waals surface area contributed by atoms with Gasteiger partial charge in [-0.05, 0) is 50.0 Å². The van der Waals surface area contributed by atoms with E-state index < -0.39 is 0 Å². The van der Waals surface area contributed by atoms with Crippen LogP contribution in [0.3, 0.4) is 0 Å². The molecular weight excluding hydrogens is 258 g/mol. The summed E-state index contributed by atoms with van der Waals surface area (Å²) in [6, 6.07) is 1.15. The van der Waals surface area contributed by atoms with Crippen LogP contribution in [0, 0.1) is 17.3 Å². The van der Waals surface area contributed by atoms with Gasteiger partial charge in [-0.15, -0.1) is 0 Å². The highest BCUT2D eigenvalue weighted by atomic mass is 15.3. The van der Waals surface area contributed by atoms with Crippen LogP contribution in [-0.2, 0) is 0 Å². The van der Waals surface area contributed by atoms with Crippen LogP contribution in [0.25, 0.3) is 0 Å². The molecule has 4 unspecified atom stereocenters. The summed E-state index contributed by atoms with van der Waals surface area (Å²) in [6.45, 7) is 14.4. The van der Waals surface area contributed by atoms with E-state index in [0.29, 0.717) is 17.4 Å². The third-order valence-electron chi connectivity index (χ3n) is 6.09. The molecule has 4 atom stereocenters. The van der Waals surface area contributed by atoms with Gasteiger partial charge in [-0.25, -0.2) is 0 Å². The molecule has 2 fully saturated rings. The monoisotopic (exact) mass is 295 g/mol. The Morgan fingerprint density at radius 1 is 1.14 bits per heavy atom. The van der Waals surface area contributed by atoms with Crippen LogP contribution in [0.1, 0.15) is 53.4 Å². The average molecular weight is 296 g/mol. The van der Waals surface area contributed by atoms with Crippen molar-refractivity contribution in [3.8, 4) is 0 Å². The zero-order valence-electron chi connectivity index (χ0n) is 14.9. The fourth-order valence-electron chi connectivity index (χ4n) is 4.23. The first-order chi connectivity index (χ1) is 9.81. The molecule has 0 bridgehead atoms. The summed E-state index contributed by atoms with van der Waals surface area (Å²) in [5.74, 6) is 1.54. The molecule has 1 heterocycles. The van der Waals surface area contributed by atoms with Crippen molar-refractivity contribution < 1.29 is 0 Å². The van der Waals surface area contributed by atoms with E-state index in [1.807, 2.05) is 0 Å². The van der Waals surface area contributed by atoms with Gasteiger partial charge in [-0.2, -0.15) is 0 Å². The Kier molecular flexibility index (Phi) is 5.72. The van der Waals surface area contributed by atoms with Gasteiger partial charge in [-0.1, -0.05) is 27.7 Å². The molecule has 0 amide bonds. The van der Waals surface area contributed by atoms with Crippen molar-refractivity contribution in [1.82, 2.24) is 9.80 Å². The van der Waals surface area contributed by atoms with Crippen LogP contribution in [0.2, 0.25) is 0 Å². The highest BCUT2D eigenvalue weighted by Crippen LogP contribution is 2.40. The molecule has 0 aromatic heterocycles. The van der Waals surface area contributed by atoms with Gasteiger partial charge in [0.05, 0.1) is 0 Å². The van der Waals surface area contributed by atoms with Gasteiger partial charge in [-0.3, -0.25) is 0 Å². The van der Waals surface area contributed by atoms with E-state index in [2.05, 4.69) is 44.5 Å². The van der Waals surface area contributed by atoms with Crippen LogP contribution in [-0.4, -0.2) is 55.1 Å². The second kappa shape index (κ2) is 6.97. The molecule has 1 saturated heterocycles. The lowest BCUT2D eigenvalue weighted by Gasteiger charge is -2.45. The summed E-state index contributed by atoms with van der Waals surface area (Å²) in [5, 5.41) is 0. The lowest BCUT2D eigenvalue weighted by atomic mass is 9.67. The van der Waals surface area contributed by atoms with Crippen molar-refractivity contribution in [2.24, 2.45) is 23.0 Å². The molecule has 1 saturated carbocycles. The second-order valence-electron chi connectivity index (χ2n) is 8.60. The number of likely N-dealkylation sites (N-methyl/N-ethyl adjacent to an activating group) is 1. The third-order valence-corrected chi connectivity index (χ3v) is 6.09. The predicted octanol–water partition coefficient (Wildman–Crippen LogP) is 2.80. The molecule has 2 aliphatic rings. The predicted molar refractivity (Wildman–Crippen MR) is 91.4 cm³/mol. The second-order valence-corrected chi connectivity index (χ2v) is 8.60. The topological polar surface area (TPSA) is 32.5 Å². The van der Waals surface area contributed by atoms with Crippen LogP contribution in [0.4, 0.5) is 0 Å². The quantitative estimate of drug-likeness (QED) is 0.869. The normalized spacial score (nSPS) is 36.9. The van der Waals surface area contributed by atoms with Gasteiger partial charge < -0.3 is 15.5 Å². The highest BCUT2D eigenvalue weighted by Gasteiger charge is 2.36. The maximum Gasteiger partial charge on any atom is 0.0218 e. The molecule has 1 aliphatic heterocycles. The standard InChI is InChI=1S/C18H37N3/c1-6-16-13-21(10-9-20(16)5)12-14-11-15(18(2,3)4)7-8-17(14)19/h14-17H,6-13,19H2,1-5H3. The van der Waals surface area contributed by atoms with Crippen LogP contribution in [0.5, 0.6) is 0 Å². The molecule has 2 N–H and O–H groups in total. The first kappa shape index (κ1) is 17.2. The minimum atomic E-state index is 0.420. The fraction of sp³-hybridized carbons (Fsp3) is 1.00. The lowest BCUT2D eigenvalue weighted by molar-refractivity contribution is 0.0536. The minimum absolute atomic E-state index is 0.420. The number of hydrogen-bond acceptors (Lipinski definition) is 3. The van der Waals surface area contributed by atoms with Gasteiger partial charge in [0.2, 0.25) is 0 Å². The maximum atomic E-state index is 6.46. The molecule has 21 heavy (non-hydrogen) atoms. The molecule has 3 heteroatoms. The minimum Gasteiger partial charge on any atom is -0.327 e. The molecule has 1 aliphatic carbocycles. The number of nitrogens with zero attached hydrogens (tertiary/aromatic N) is 2.